The molecule has 1 aliphatic carbocycles. The quantitative estimate of drug-likeness (QED) is 0.695. The first kappa shape index (κ1) is 17.3. The molecule has 0 aliphatic heterocycles. The summed E-state index contributed by atoms with van der Waals surface area (Å²) in [5.41, 5.74) is 1.93. The van der Waals surface area contributed by atoms with Crippen molar-refractivity contribution in [1.82, 2.24) is 10.5 Å². The van der Waals surface area contributed by atoms with Gasteiger partial charge in [-0.2, -0.15) is 0 Å². The van der Waals surface area contributed by atoms with Gasteiger partial charge in [0.15, 0.2) is 11.5 Å². The molecule has 27 heavy (non-hydrogen) atoms. The van der Waals surface area contributed by atoms with E-state index in [0.717, 1.165) is 18.4 Å². The number of rotatable bonds is 5. The summed E-state index contributed by atoms with van der Waals surface area (Å²) in [6.07, 6.45) is 2.04. The molecule has 0 radical (unpaired) electrons. The summed E-state index contributed by atoms with van der Waals surface area (Å²) in [5, 5.41) is 10.1. The van der Waals surface area contributed by atoms with Crippen LogP contribution in [0.2, 0.25) is 5.02 Å². The van der Waals surface area contributed by atoms with Gasteiger partial charge in [0.05, 0.1) is 0 Å². The Kier molecular flexibility index (Phi) is 4.64. The van der Waals surface area contributed by atoms with Crippen LogP contribution in [0, 0.1) is 0 Å². The predicted octanol–water partition coefficient (Wildman–Crippen LogP) is 4.14. The summed E-state index contributed by atoms with van der Waals surface area (Å²) >= 11 is 5.87. The molecule has 7 heteroatoms. The van der Waals surface area contributed by atoms with Crippen LogP contribution < -0.4 is 10.6 Å². The molecule has 0 bridgehead atoms. The summed E-state index contributed by atoms with van der Waals surface area (Å²) in [4.78, 5) is 24.6. The van der Waals surface area contributed by atoms with E-state index in [4.69, 9.17) is 16.1 Å². The van der Waals surface area contributed by atoms with Crippen LogP contribution >= 0.6 is 11.6 Å². The summed E-state index contributed by atoms with van der Waals surface area (Å²) in [6, 6.07) is 15.6. The average Bonchev–Trinajstić information content (AvgIpc) is 3.34. The molecule has 0 saturated heterocycles. The third-order valence-electron chi connectivity index (χ3n) is 4.17. The van der Waals surface area contributed by atoms with Gasteiger partial charge in [-0.3, -0.25) is 9.59 Å². The number of carbonyl (C=O) groups is 2. The maximum atomic E-state index is 12.4. The van der Waals surface area contributed by atoms with Crippen LogP contribution in [-0.4, -0.2) is 23.0 Å². The van der Waals surface area contributed by atoms with E-state index in [-0.39, 0.29) is 17.6 Å². The topological polar surface area (TPSA) is 84.2 Å². The molecule has 1 heterocycles. The van der Waals surface area contributed by atoms with Crippen LogP contribution in [0.15, 0.2) is 59.1 Å². The van der Waals surface area contributed by atoms with Crippen molar-refractivity contribution in [2.24, 2.45) is 0 Å². The van der Waals surface area contributed by atoms with Crippen molar-refractivity contribution in [3.05, 3.63) is 70.9 Å². The zero-order valence-corrected chi connectivity index (χ0v) is 15.0. The fraction of sp³-hybridized carbons (Fsp3) is 0.150. The highest BCUT2D eigenvalue weighted by atomic mass is 35.5. The minimum absolute atomic E-state index is 0.139. The third-order valence-corrected chi connectivity index (χ3v) is 4.42. The maximum Gasteiger partial charge on any atom is 0.277 e. The monoisotopic (exact) mass is 381 g/mol. The van der Waals surface area contributed by atoms with Crippen molar-refractivity contribution in [2.45, 2.75) is 18.9 Å². The second-order valence-corrected chi connectivity index (χ2v) is 6.80. The Labute approximate surface area is 160 Å². The fourth-order valence-electron chi connectivity index (χ4n) is 2.56. The Balaban J connectivity index is 1.46. The van der Waals surface area contributed by atoms with E-state index < -0.39 is 5.91 Å². The zero-order chi connectivity index (χ0) is 18.8. The normalized spacial score (nSPS) is 13.2. The molecule has 1 aliphatic rings. The van der Waals surface area contributed by atoms with Gasteiger partial charge in [-0.25, -0.2) is 0 Å². The first-order valence-electron chi connectivity index (χ1n) is 8.53. The Morgan fingerprint density at radius 3 is 2.56 bits per heavy atom. The van der Waals surface area contributed by atoms with Crippen molar-refractivity contribution in [3.63, 3.8) is 0 Å². The molecular weight excluding hydrogens is 366 g/mol. The van der Waals surface area contributed by atoms with E-state index in [1.807, 2.05) is 0 Å². The highest BCUT2D eigenvalue weighted by molar-refractivity contribution is 6.30. The van der Waals surface area contributed by atoms with E-state index in [1.54, 1.807) is 54.6 Å². The molecule has 4 rings (SSSR count). The fourth-order valence-corrected chi connectivity index (χ4v) is 2.69. The van der Waals surface area contributed by atoms with Gasteiger partial charge < -0.3 is 15.2 Å². The van der Waals surface area contributed by atoms with E-state index in [9.17, 15) is 9.59 Å². The summed E-state index contributed by atoms with van der Waals surface area (Å²) < 4.78 is 5.24. The minimum Gasteiger partial charge on any atom is -0.355 e. The number of nitrogens with one attached hydrogen (secondary N) is 2. The average molecular weight is 382 g/mol. The molecule has 1 saturated carbocycles. The van der Waals surface area contributed by atoms with Crippen molar-refractivity contribution < 1.29 is 14.1 Å². The predicted molar refractivity (Wildman–Crippen MR) is 102 cm³/mol. The second kappa shape index (κ2) is 7.25. The highest BCUT2D eigenvalue weighted by Gasteiger charge is 2.24. The highest BCUT2D eigenvalue weighted by Crippen LogP contribution is 2.23. The molecule has 0 unspecified atom stereocenters. The van der Waals surface area contributed by atoms with Gasteiger partial charge >= 0.3 is 0 Å². The lowest BCUT2D eigenvalue weighted by Crippen LogP contribution is -2.25. The summed E-state index contributed by atoms with van der Waals surface area (Å²) in [7, 11) is 0. The molecule has 0 atom stereocenters. The van der Waals surface area contributed by atoms with Crippen LogP contribution in [0.1, 0.15) is 33.7 Å². The van der Waals surface area contributed by atoms with Crippen LogP contribution in [0.5, 0.6) is 0 Å². The van der Waals surface area contributed by atoms with E-state index in [1.165, 1.54) is 0 Å². The minimum atomic E-state index is -0.418. The van der Waals surface area contributed by atoms with Gasteiger partial charge in [0, 0.05) is 33.9 Å². The van der Waals surface area contributed by atoms with Gasteiger partial charge in [-0.05, 0) is 55.3 Å². The second-order valence-electron chi connectivity index (χ2n) is 6.37. The Morgan fingerprint density at radius 2 is 1.81 bits per heavy atom. The molecule has 1 aromatic heterocycles. The van der Waals surface area contributed by atoms with Crippen molar-refractivity contribution in [1.29, 1.82) is 0 Å². The van der Waals surface area contributed by atoms with Gasteiger partial charge in [0.1, 0.15) is 0 Å². The lowest BCUT2D eigenvalue weighted by Gasteiger charge is -2.06. The zero-order valence-electron chi connectivity index (χ0n) is 14.2. The molecule has 3 aromatic rings. The molecule has 136 valence electrons. The standard InChI is InChI=1S/C20H16ClN3O3/c21-14-6-4-12(5-7-14)18-11-17(24-27-18)20(26)23-16-3-1-2-13(10-16)19(25)22-15-8-9-15/h1-7,10-11,15H,8-9H2,(H,22,25)(H,23,26). The number of carbonyl (C=O) groups excluding carboxylic acids is 2. The lowest BCUT2D eigenvalue weighted by molar-refractivity contribution is 0.0949. The van der Waals surface area contributed by atoms with Gasteiger partial charge in [0.2, 0.25) is 0 Å². The number of halogens is 1. The van der Waals surface area contributed by atoms with Crippen LogP contribution in [0.4, 0.5) is 5.69 Å². The number of aromatic nitrogens is 1. The number of nitrogens with zero attached hydrogens (tertiary/aromatic N) is 1. The van der Waals surface area contributed by atoms with Gasteiger partial charge in [-0.1, -0.05) is 22.8 Å². The molecule has 2 N–H and O–H groups in total. The van der Waals surface area contributed by atoms with Gasteiger partial charge in [0.25, 0.3) is 11.8 Å². The van der Waals surface area contributed by atoms with Crippen LogP contribution in [0.25, 0.3) is 11.3 Å². The molecule has 6 nitrogen and oxygen atoms in total. The number of hydrogen-bond acceptors (Lipinski definition) is 4. The SMILES string of the molecule is O=C(NC1CC1)c1cccc(NC(=O)c2cc(-c3ccc(Cl)cc3)on2)c1. The van der Waals surface area contributed by atoms with E-state index in [0.29, 0.717) is 22.0 Å². The third kappa shape index (κ3) is 4.17. The number of amides is 2. The van der Waals surface area contributed by atoms with Crippen molar-refractivity contribution in [3.8, 4) is 11.3 Å². The Morgan fingerprint density at radius 1 is 1.04 bits per heavy atom. The molecular formula is C20H16ClN3O3. The van der Waals surface area contributed by atoms with Crippen LogP contribution in [-0.2, 0) is 0 Å². The Hall–Kier alpha value is -3.12. The molecule has 1 fully saturated rings. The summed E-state index contributed by atoms with van der Waals surface area (Å²) in [6.45, 7) is 0. The largest absolute Gasteiger partial charge is 0.355 e. The number of benzene rings is 2. The number of anilines is 1. The first-order chi connectivity index (χ1) is 13.1. The molecule has 2 aromatic carbocycles. The molecule has 0 spiro atoms. The smallest absolute Gasteiger partial charge is 0.277 e. The number of hydrogen-bond donors (Lipinski definition) is 2. The lowest BCUT2D eigenvalue weighted by atomic mass is 10.1. The maximum absolute atomic E-state index is 12.4. The van der Waals surface area contributed by atoms with E-state index in [2.05, 4.69) is 15.8 Å². The Bertz CT molecular complexity index is 994. The first-order valence-corrected chi connectivity index (χ1v) is 8.91. The van der Waals surface area contributed by atoms with E-state index >= 15 is 0 Å². The van der Waals surface area contributed by atoms with Gasteiger partial charge in [-0.15, -0.1) is 0 Å². The summed E-state index contributed by atoms with van der Waals surface area (Å²) in [5.74, 6) is -0.0897. The van der Waals surface area contributed by atoms with Crippen LogP contribution in [0.3, 0.4) is 0 Å². The molecule has 2 amide bonds. The van der Waals surface area contributed by atoms with Crippen molar-refractivity contribution in [2.75, 3.05) is 5.32 Å². The van der Waals surface area contributed by atoms with Crippen molar-refractivity contribution >= 4 is 29.1 Å².